The number of nitrogens with zero attached hydrogens (tertiary/aromatic N) is 3. The highest BCUT2D eigenvalue weighted by molar-refractivity contribution is 6.30. The Hall–Kier alpha value is -1.95. The predicted molar refractivity (Wildman–Crippen MR) is 66.0 cm³/mol. The van der Waals surface area contributed by atoms with E-state index in [2.05, 4.69) is 25.9 Å². The van der Waals surface area contributed by atoms with Gasteiger partial charge in [0.05, 0.1) is 6.42 Å². The van der Waals surface area contributed by atoms with Crippen LogP contribution in [0.3, 0.4) is 0 Å². The first-order valence-electron chi connectivity index (χ1n) is 5.47. The molecule has 1 amide bonds. The van der Waals surface area contributed by atoms with Crippen LogP contribution in [0.4, 0.5) is 0 Å². The van der Waals surface area contributed by atoms with Crippen LogP contribution in [0.25, 0.3) is 0 Å². The van der Waals surface area contributed by atoms with Gasteiger partial charge in [-0.25, -0.2) is 0 Å². The normalized spacial score (nSPS) is 10.3. The number of aromatic amines is 1. The molecular formula is C11H12ClN5O. The van der Waals surface area contributed by atoms with Gasteiger partial charge in [0.1, 0.15) is 0 Å². The quantitative estimate of drug-likeness (QED) is 0.836. The summed E-state index contributed by atoms with van der Waals surface area (Å²) in [6.07, 6.45) is 0.866. The van der Waals surface area contributed by atoms with Crippen LogP contribution in [0, 0.1) is 0 Å². The zero-order valence-electron chi connectivity index (χ0n) is 9.56. The number of carbonyl (C=O) groups excluding carboxylic acids is 1. The van der Waals surface area contributed by atoms with Gasteiger partial charge in [0, 0.05) is 18.0 Å². The fourth-order valence-electron chi connectivity index (χ4n) is 1.50. The van der Waals surface area contributed by atoms with Gasteiger partial charge >= 0.3 is 0 Å². The average molecular weight is 266 g/mol. The van der Waals surface area contributed by atoms with E-state index in [0.29, 0.717) is 30.2 Å². The Kier molecular flexibility index (Phi) is 4.25. The minimum atomic E-state index is -0.0549. The van der Waals surface area contributed by atoms with Gasteiger partial charge in [-0.2, -0.15) is 5.21 Å². The smallest absolute Gasteiger partial charge is 0.224 e. The molecule has 0 aliphatic carbocycles. The van der Waals surface area contributed by atoms with Gasteiger partial charge in [0.2, 0.25) is 5.91 Å². The third-order valence-electron chi connectivity index (χ3n) is 2.31. The van der Waals surface area contributed by atoms with Crippen LogP contribution in [0.5, 0.6) is 0 Å². The molecule has 0 aliphatic rings. The Balaban J connectivity index is 1.75. The summed E-state index contributed by atoms with van der Waals surface area (Å²) in [5.74, 6) is 0.527. The summed E-state index contributed by atoms with van der Waals surface area (Å²) in [7, 11) is 0. The van der Waals surface area contributed by atoms with E-state index < -0.39 is 0 Å². The van der Waals surface area contributed by atoms with Gasteiger partial charge in [-0.15, -0.1) is 10.2 Å². The highest BCUT2D eigenvalue weighted by atomic mass is 35.5. The largest absolute Gasteiger partial charge is 0.355 e. The first kappa shape index (κ1) is 12.5. The first-order chi connectivity index (χ1) is 8.74. The fourth-order valence-corrected chi connectivity index (χ4v) is 1.71. The zero-order chi connectivity index (χ0) is 12.8. The van der Waals surface area contributed by atoms with Crippen molar-refractivity contribution in [2.24, 2.45) is 0 Å². The third-order valence-corrected chi connectivity index (χ3v) is 2.55. The van der Waals surface area contributed by atoms with E-state index in [0.717, 1.165) is 5.56 Å². The maximum absolute atomic E-state index is 11.6. The van der Waals surface area contributed by atoms with Crippen LogP contribution in [0.1, 0.15) is 11.4 Å². The van der Waals surface area contributed by atoms with E-state index in [1.54, 1.807) is 12.1 Å². The second kappa shape index (κ2) is 6.11. The number of carbonyl (C=O) groups is 1. The molecule has 1 aromatic carbocycles. The molecule has 0 fully saturated rings. The summed E-state index contributed by atoms with van der Waals surface area (Å²) < 4.78 is 0. The number of rotatable bonds is 5. The van der Waals surface area contributed by atoms with E-state index in [-0.39, 0.29) is 5.91 Å². The molecule has 0 bridgehead atoms. The van der Waals surface area contributed by atoms with Gasteiger partial charge < -0.3 is 5.32 Å². The van der Waals surface area contributed by atoms with Crippen LogP contribution >= 0.6 is 11.6 Å². The molecule has 1 heterocycles. The zero-order valence-corrected chi connectivity index (χ0v) is 10.3. The standard InChI is InChI=1S/C11H12ClN5O/c12-9-3-1-2-8(6-9)7-11(18)13-5-4-10-14-16-17-15-10/h1-3,6H,4-5,7H2,(H,13,18)(H,14,15,16,17). The number of H-pyrrole nitrogens is 1. The predicted octanol–water partition coefficient (Wildman–Crippen LogP) is 0.754. The van der Waals surface area contributed by atoms with Crippen molar-refractivity contribution >= 4 is 17.5 Å². The number of hydrogen-bond donors (Lipinski definition) is 2. The van der Waals surface area contributed by atoms with Crippen LogP contribution < -0.4 is 5.32 Å². The Morgan fingerprint density at radius 2 is 2.33 bits per heavy atom. The van der Waals surface area contributed by atoms with Crippen molar-refractivity contribution in [1.82, 2.24) is 25.9 Å². The summed E-state index contributed by atoms with van der Waals surface area (Å²) in [5, 5.41) is 16.8. The minimum Gasteiger partial charge on any atom is -0.355 e. The molecule has 7 heteroatoms. The van der Waals surface area contributed by atoms with E-state index in [9.17, 15) is 4.79 Å². The van der Waals surface area contributed by atoms with Crippen molar-refractivity contribution in [2.75, 3.05) is 6.54 Å². The summed E-state index contributed by atoms with van der Waals surface area (Å²) in [5.41, 5.74) is 0.888. The monoisotopic (exact) mass is 265 g/mol. The molecule has 0 aliphatic heterocycles. The van der Waals surface area contributed by atoms with Gasteiger partial charge in [0.25, 0.3) is 0 Å². The Morgan fingerprint density at radius 1 is 1.44 bits per heavy atom. The van der Waals surface area contributed by atoms with Crippen molar-refractivity contribution in [2.45, 2.75) is 12.8 Å². The lowest BCUT2D eigenvalue weighted by molar-refractivity contribution is -0.120. The molecular weight excluding hydrogens is 254 g/mol. The van der Waals surface area contributed by atoms with E-state index in [4.69, 9.17) is 11.6 Å². The van der Waals surface area contributed by atoms with Crippen LogP contribution in [-0.2, 0) is 17.6 Å². The number of aromatic nitrogens is 4. The van der Waals surface area contributed by atoms with Crippen LogP contribution in [0.2, 0.25) is 5.02 Å². The van der Waals surface area contributed by atoms with E-state index in [1.807, 2.05) is 12.1 Å². The molecule has 0 radical (unpaired) electrons. The molecule has 0 unspecified atom stereocenters. The molecule has 0 atom stereocenters. The maximum Gasteiger partial charge on any atom is 0.224 e. The Bertz CT molecular complexity index is 514. The molecule has 1 aromatic heterocycles. The van der Waals surface area contributed by atoms with Gasteiger partial charge in [-0.05, 0) is 17.7 Å². The van der Waals surface area contributed by atoms with E-state index >= 15 is 0 Å². The van der Waals surface area contributed by atoms with E-state index in [1.165, 1.54) is 0 Å². The lowest BCUT2D eigenvalue weighted by Crippen LogP contribution is -2.27. The number of hydrogen-bond acceptors (Lipinski definition) is 4. The summed E-state index contributed by atoms with van der Waals surface area (Å²) >= 11 is 5.84. The fraction of sp³-hybridized carbons (Fsp3) is 0.273. The molecule has 6 nitrogen and oxygen atoms in total. The van der Waals surface area contributed by atoms with Gasteiger partial charge in [-0.3, -0.25) is 4.79 Å². The topological polar surface area (TPSA) is 83.6 Å². The number of benzene rings is 1. The van der Waals surface area contributed by atoms with Crippen molar-refractivity contribution in [3.63, 3.8) is 0 Å². The molecule has 2 rings (SSSR count). The minimum absolute atomic E-state index is 0.0549. The van der Waals surface area contributed by atoms with Crippen molar-refractivity contribution in [3.05, 3.63) is 40.7 Å². The van der Waals surface area contributed by atoms with Crippen LogP contribution in [-0.4, -0.2) is 33.1 Å². The molecule has 94 valence electrons. The molecule has 18 heavy (non-hydrogen) atoms. The molecule has 2 N–H and O–H groups in total. The molecule has 0 spiro atoms. The number of nitrogens with one attached hydrogen (secondary N) is 2. The SMILES string of the molecule is O=C(Cc1cccc(Cl)c1)NCCc1nn[nH]n1. The van der Waals surface area contributed by atoms with Gasteiger partial charge in [0.15, 0.2) is 5.82 Å². The maximum atomic E-state index is 11.6. The highest BCUT2D eigenvalue weighted by Crippen LogP contribution is 2.10. The number of tetrazole rings is 1. The lowest BCUT2D eigenvalue weighted by atomic mass is 10.1. The molecule has 0 saturated heterocycles. The Morgan fingerprint density at radius 3 is 3.06 bits per heavy atom. The summed E-state index contributed by atoms with van der Waals surface area (Å²) in [4.78, 5) is 11.6. The van der Waals surface area contributed by atoms with Crippen LogP contribution in [0.15, 0.2) is 24.3 Å². The summed E-state index contributed by atoms with van der Waals surface area (Å²) in [6, 6.07) is 7.24. The van der Waals surface area contributed by atoms with Crippen molar-refractivity contribution < 1.29 is 4.79 Å². The second-order valence-corrected chi connectivity index (χ2v) is 4.17. The summed E-state index contributed by atoms with van der Waals surface area (Å²) in [6.45, 7) is 0.485. The first-order valence-corrected chi connectivity index (χ1v) is 5.85. The third kappa shape index (κ3) is 3.81. The van der Waals surface area contributed by atoms with Crippen molar-refractivity contribution in [3.8, 4) is 0 Å². The lowest BCUT2D eigenvalue weighted by Gasteiger charge is -2.04. The molecule has 2 aromatic rings. The Labute approximate surface area is 109 Å². The second-order valence-electron chi connectivity index (χ2n) is 3.73. The average Bonchev–Trinajstić information content (AvgIpc) is 2.82. The highest BCUT2D eigenvalue weighted by Gasteiger charge is 2.04. The van der Waals surface area contributed by atoms with Crippen molar-refractivity contribution in [1.29, 1.82) is 0 Å². The number of halogens is 1. The number of amides is 1. The van der Waals surface area contributed by atoms with Gasteiger partial charge in [-0.1, -0.05) is 28.9 Å². The molecule has 0 saturated carbocycles.